The van der Waals surface area contributed by atoms with E-state index in [9.17, 15) is 0 Å². The lowest BCUT2D eigenvalue weighted by Gasteiger charge is -2.10. The van der Waals surface area contributed by atoms with E-state index in [-0.39, 0.29) is 0 Å². The second-order valence-electron chi connectivity index (χ2n) is 2.30. The first-order valence-electron chi connectivity index (χ1n) is 3.29. The highest BCUT2D eigenvalue weighted by Crippen LogP contribution is 2.09. The van der Waals surface area contributed by atoms with E-state index < -0.39 is 10.9 Å². The summed E-state index contributed by atoms with van der Waals surface area (Å²) in [6, 6.07) is 0.625. The van der Waals surface area contributed by atoms with E-state index >= 15 is 0 Å². The van der Waals surface area contributed by atoms with Gasteiger partial charge in [0.2, 0.25) is 0 Å². The van der Waals surface area contributed by atoms with E-state index in [1.807, 2.05) is 12.1 Å². The lowest BCUT2D eigenvalue weighted by atomic mass is 10.3. The molecular formula is C5H14N2O3S. The van der Waals surface area contributed by atoms with E-state index in [4.69, 9.17) is 13.3 Å². The van der Waals surface area contributed by atoms with Gasteiger partial charge in [-0.15, -0.1) is 0 Å². The third kappa shape index (κ3) is 6.24. The molecule has 0 spiro atoms. The maximum absolute atomic E-state index is 8.81. The fourth-order valence-corrected chi connectivity index (χ4v) is 0.676. The second kappa shape index (κ2) is 5.48. The molecule has 0 bridgehead atoms. The first-order chi connectivity index (χ1) is 5.04. The van der Waals surface area contributed by atoms with Crippen LogP contribution < -0.4 is 5.14 Å². The maximum Gasteiger partial charge on any atom is 0.198 e. The number of rotatable bonds is 0. The van der Waals surface area contributed by atoms with Crippen LogP contribution >= 0.6 is 0 Å². The second-order valence-corrected chi connectivity index (χ2v) is 2.87. The molecule has 11 heavy (non-hydrogen) atoms. The smallest absolute Gasteiger partial charge is 0.198 e. The van der Waals surface area contributed by atoms with Crippen molar-refractivity contribution in [2.45, 2.75) is 19.4 Å². The van der Waals surface area contributed by atoms with E-state index in [0.29, 0.717) is 6.04 Å². The van der Waals surface area contributed by atoms with Crippen LogP contribution in [0.5, 0.6) is 0 Å². The number of hydrogen-bond acceptors (Lipinski definition) is 4. The third-order valence-electron chi connectivity index (χ3n) is 1.45. The molecule has 1 aliphatic heterocycles. The zero-order valence-electron chi connectivity index (χ0n) is 6.69. The molecule has 1 aliphatic rings. The van der Waals surface area contributed by atoms with Crippen molar-refractivity contribution in [3.8, 4) is 0 Å². The Morgan fingerprint density at radius 3 is 2.18 bits per heavy atom. The van der Waals surface area contributed by atoms with Crippen molar-refractivity contribution in [2.75, 3.05) is 13.7 Å². The van der Waals surface area contributed by atoms with Gasteiger partial charge in [-0.25, -0.2) is 13.6 Å². The fourth-order valence-electron chi connectivity index (χ4n) is 0.676. The maximum atomic E-state index is 8.81. The number of hydroxylamine groups is 2. The van der Waals surface area contributed by atoms with Crippen molar-refractivity contribution in [2.24, 2.45) is 5.14 Å². The first kappa shape index (κ1) is 10.8. The molecular weight excluding hydrogens is 168 g/mol. The third-order valence-corrected chi connectivity index (χ3v) is 1.45. The molecule has 2 N–H and O–H groups in total. The van der Waals surface area contributed by atoms with Gasteiger partial charge in [-0.05, 0) is 13.3 Å². The fraction of sp³-hybridized carbons (Fsp3) is 1.00. The lowest BCUT2D eigenvalue weighted by Crippen LogP contribution is -2.19. The molecule has 0 aromatic carbocycles. The Morgan fingerprint density at radius 1 is 1.64 bits per heavy atom. The van der Waals surface area contributed by atoms with Crippen molar-refractivity contribution in [1.82, 2.24) is 5.06 Å². The van der Waals surface area contributed by atoms with Gasteiger partial charge in [0, 0.05) is 13.1 Å². The highest BCUT2D eigenvalue weighted by atomic mass is 32.2. The van der Waals surface area contributed by atoms with Crippen molar-refractivity contribution >= 4 is 10.9 Å². The van der Waals surface area contributed by atoms with E-state index in [1.54, 1.807) is 0 Å². The van der Waals surface area contributed by atoms with Crippen LogP contribution in [0.15, 0.2) is 0 Å². The Balaban J connectivity index is 0.000000218. The van der Waals surface area contributed by atoms with Gasteiger partial charge in [0.25, 0.3) is 0 Å². The predicted molar refractivity (Wildman–Crippen MR) is 42.3 cm³/mol. The highest BCUT2D eigenvalue weighted by molar-refractivity contribution is 7.69. The van der Waals surface area contributed by atoms with Gasteiger partial charge in [0.15, 0.2) is 10.9 Å². The van der Waals surface area contributed by atoms with Crippen LogP contribution in [-0.2, 0) is 15.7 Å². The number of thiol groups is 1. The van der Waals surface area contributed by atoms with Crippen LogP contribution in [0.25, 0.3) is 0 Å². The normalized spacial score (nSPS) is 24.9. The molecule has 0 aliphatic carbocycles. The zero-order chi connectivity index (χ0) is 8.85. The Morgan fingerprint density at radius 2 is 2.09 bits per heavy atom. The molecule has 1 saturated heterocycles. The molecule has 1 heterocycles. The molecule has 0 amide bonds. The number of nitrogens with two attached hydrogens (primary N) is 1. The summed E-state index contributed by atoms with van der Waals surface area (Å²) in [5.74, 6) is 0. The summed E-state index contributed by atoms with van der Waals surface area (Å²) in [6.45, 7) is 3.06. The van der Waals surface area contributed by atoms with Gasteiger partial charge in [-0.2, -0.15) is 5.06 Å². The van der Waals surface area contributed by atoms with E-state index in [0.717, 1.165) is 6.61 Å². The summed E-state index contributed by atoms with van der Waals surface area (Å²) in [5, 5.41) is 5.97. The summed E-state index contributed by atoms with van der Waals surface area (Å²) in [7, 11) is -0.650. The van der Waals surface area contributed by atoms with Crippen molar-refractivity contribution in [3.63, 3.8) is 0 Å². The van der Waals surface area contributed by atoms with Crippen LogP contribution in [0.2, 0.25) is 0 Å². The molecule has 1 fully saturated rings. The first-order valence-corrected chi connectivity index (χ1v) is 4.53. The summed E-state index contributed by atoms with van der Waals surface area (Å²) in [6.07, 6.45) is 1.18. The SMILES string of the molecule is CC1CCON1C.N[SH](=O)=O. The van der Waals surface area contributed by atoms with E-state index in [2.05, 4.69) is 12.1 Å². The molecule has 0 radical (unpaired) electrons. The zero-order valence-corrected chi connectivity index (χ0v) is 7.58. The molecule has 68 valence electrons. The highest BCUT2D eigenvalue weighted by Gasteiger charge is 2.15. The largest absolute Gasteiger partial charge is 0.299 e. The Bertz CT molecular complexity index is 155. The molecule has 1 atom stereocenters. The van der Waals surface area contributed by atoms with Crippen LogP contribution in [0.4, 0.5) is 0 Å². The van der Waals surface area contributed by atoms with Gasteiger partial charge in [0.1, 0.15) is 0 Å². The van der Waals surface area contributed by atoms with Gasteiger partial charge in [-0.3, -0.25) is 4.84 Å². The molecule has 0 aromatic heterocycles. The predicted octanol–water partition coefficient (Wildman–Crippen LogP) is -0.886. The standard InChI is InChI=1S/C5H11NO.H3NO2S/c1-5-3-4-7-6(5)2;1-4(2)3/h5H,3-4H2,1-2H3;4H,(H2,1,2,3). The monoisotopic (exact) mass is 182 g/mol. The topological polar surface area (TPSA) is 72.6 Å². The van der Waals surface area contributed by atoms with Crippen LogP contribution in [-0.4, -0.2) is 33.2 Å². The quantitative estimate of drug-likeness (QED) is 0.477. The van der Waals surface area contributed by atoms with E-state index in [1.165, 1.54) is 6.42 Å². The molecule has 6 heteroatoms. The summed E-state index contributed by atoms with van der Waals surface area (Å²) in [5.41, 5.74) is 0. The number of nitrogens with zero attached hydrogens (tertiary/aromatic N) is 1. The Labute approximate surface area is 68.2 Å². The van der Waals surface area contributed by atoms with Crippen LogP contribution in [0, 0.1) is 0 Å². The van der Waals surface area contributed by atoms with Gasteiger partial charge >= 0.3 is 0 Å². The van der Waals surface area contributed by atoms with Crippen LogP contribution in [0.3, 0.4) is 0 Å². The van der Waals surface area contributed by atoms with Crippen molar-refractivity contribution < 1.29 is 13.3 Å². The molecule has 0 aromatic rings. The van der Waals surface area contributed by atoms with Crippen molar-refractivity contribution in [1.29, 1.82) is 0 Å². The van der Waals surface area contributed by atoms with Crippen LogP contribution in [0.1, 0.15) is 13.3 Å². The Kier molecular flexibility index (Phi) is 5.39. The minimum atomic E-state index is -2.62. The number of hydrogen-bond donors (Lipinski definition) is 2. The van der Waals surface area contributed by atoms with Gasteiger partial charge < -0.3 is 0 Å². The summed E-state index contributed by atoms with van der Waals surface area (Å²) >= 11 is 0. The lowest BCUT2D eigenvalue weighted by molar-refractivity contribution is -0.106. The minimum absolute atomic E-state index is 0.625. The average molecular weight is 182 g/mol. The molecule has 1 unspecified atom stereocenters. The molecule has 1 rings (SSSR count). The van der Waals surface area contributed by atoms with Gasteiger partial charge in [0.05, 0.1) is 6.61 Å². The average Bonchev–Trinajstić information content (AvgIpc) is 2.15. The van der Waals surface area contributed by atoms with Crippen molar-refractivity contribution in [3.05, 3.63) is 0 Å². The summed E-state index contributed by atoms with van der Waals surface area (Å²) in [4.78, 5) is 5.10. The summed E-state index contributed by atoms with van der Waals surface area (Å²) < 4.78 is 17.6. The van der Waals surface area contributed by atoms with Gasteiger partial charge in [-0.1, -0.05) is 0 Å². The molecule has 0 saturated carbocycles. The molecule has 5 nitrogen and oxygen atoms in total. The Hall–Kier alpha value is -0.170. The minimum Gasteiger partial charge on any atom is -0.299 e.